The molecule has 1 atom stereocenters. The molecule has 1 aliphatic rings. The molecular weight excluding hydrogens is 336 g/mol. The number of aromatic nitrogens is 1. The molecule has 5 heteroatoms. The normalized spacial score (nSPS) is 15.1. The SMILES string of the molecule is CC1Cc2ccccc2N1c1cncc(C(=O)Nc2ccccc2C#N)c1. The Kier molecular flexibility index (Phi) is 4.31. The predicted octanol–water partition coefficient (Wildman–Crippen LogP) is 4.29. The zero-order valence-corrected chi connectivity index (χ0v) is 14.9. The summed E-state index contributed by atoms with van der Waals surface area (Å²) in [7, 11) is 0. The zero-order valence-electron chi connectivity index (χ0n) is 14.9. The number of fused-ring (bicyclic) bond motifs is 1. The Morgan fingerprint density at radius 2 is 1.96 bits per heavy atom. The highest BCUT2D eigenvalue weighted by molar-refractivity contribution is 6.05. The monoisotopic (exact) mass is 354 g/mol. The lowest BCUT2D eigenvalue weighted by Gasteiger charge is -2.25. The van der Waals surface area contributed by atoms with Crippen LogP contribution >= 0.6 is 0 Å². The van der Waals surface area contributed by atoms with Crippen molar-refractivity contribution in [2.24, 2.45) is 0 Å². The van der Waals surface area contributed by atoms with Crippen molar-refractivity contribution in [3.05, 3.63) is 83.7 Å². The van der Waals surface area contributed by atoms with Gasteiger partial charge >= 0.3 is 0 Å². The van der Waals surface area contributed by atoms with Crippen LogP contribution in [0.2, 0.25) is 0 Å². The van der Waals surface area contributed by atoms with E-state index in [9.17, 15) is 10.1 Å². The first-order valence-electron chi connectivity index (χ1n) is 8.80. The van der Waals surface area contributed by atoms with Crippen LogP contribution in [0.3, 0.4) is 0 Å². The number of benzene rings is 2. The second-order valence-electron chi connectivity index (χ2n) is 6.60. The van der Waals surface area contributed by atoms with Gasteiger partial charge < -0.3 is 10.2 Å². The van der Waals surface area contributed by atoms with Gasteiger partial charge in [0.25, 0.3) is 5.91 Å². The number of para-hydroxylation sites is 2. The van der Waals surface area contributed by atoms with Crippen molar-refractivity contribution in [3.63, 3.8) is 0 Å². The smallest absolute Gasteiger partial charge is 0.257 e. The average molecular weight is 354 g/mol. The Bertz CT molecular complexity index is 1050. The third-order valence-corrected chi connectivity index (χ3v) is 4.77. The van der Waals surface area contributed by atoms with Gasteiger partial charge in [0.2, 0.25) is 0 Å². The van der Waals surface area contributed by atoms with Crippen LogP contribution in [0.25, 0.3) is 0 Å². The van der Waals surface area contributed by atoms with E-state index in [2.05, 4.69) is 40.3 Å². The highest BCUT2D eigenvalue weighted by Crippen LogP contribution is 2.37. The largest absolute Gasteiger partial charge is 0.337 e. The number of nitriles is 1. The first kappa shape index (κ1) is 16.8. The van der Waals surface area contributed by atoms with Crippen molar-refractivity contribution >= 4 is 23.0 Å². The molecular formula is C22H18N4O. The number of pyridine rings is 1. The topological polar surface area (TPSA) is 69.0 Å². The Morgan fingerprint density at radius 1 is 1.19 bits per heavy atom. The average Bonchev–Trinajstić information content (AvgIpc) is 3.04. The van der Waals surface area contributed by atoms with Crippen molar-refractivity contribution in [3.8, 4) is 6.07 Å². The van der Waals surface area contributed by atoms with Crippen LogP contribution in [-0.2, 0) is 6.42 Å². The Hall–Kier alpha value is -3.65. The van der Waals surface area contributed by atoms with E-state index in [0.717, 1.165) is 17.8 Å². The van der Waals surface area contributed by atoms with Crippen LogP contribution in [0.4, 0.5) is 17.1 Å². The molecule has 0 aliphatic carbocycles. The lowest BCUT2D eigenvalue weighted by molar-refractivity contribution is 0.102. The summed E-state index contributed by atoms with van der Waals surface area (Å²) in [5, 5.41) is 12.0. The van der Waals surface area contributed by atoms with Crippen LogP contribution in [0.1, 0.15) is 28.4 Å². The molecule has 132 valence electrons. The minimum atomic E-state index is -0.285. The second-order valence-corrected chi connectivity index (χ2v) is 6.60. The van der Waals surface area contributed by atoms with Gasteiger partial charge in [-0.1, -0.05) is 30.3 Å². The molecule has 0 radical (unpaired) electrons. The molecule has 3 aromatic rings. The predicted molar refractivity (Wildman–Crippen MR) is 105 cm³/mol. The van der Waals surface area contributed by atoms with Gasteiger partial charge in [0.1, 0.15) is 6.07 Å². The number of hydrogen-bond donors (Lipinski definition) is 1. The van der Waals surface area contributed by atoms with E-state index >= 15 is 0 Å². The van der Waals surface area contributed by atoms with Gasteiger partial charge in [0.15, 0.2) is 0 Å². The van der Waals surface area contributed by atoms with Crippen molar-refractivity contribution in [2.75, 3.05) is 10.2 Å². The Balaban J connectivity index is 1.64. The maximum absolute atomic E-state index is 12.7. The fraction of sp³-hybridized carbons (Fsp3) is 0.136. The standard InChI is InChI=1S/C22H18N4O/c1-15-10-16-6-3-5-9-21(16)26(15)19-11-18(13-24-14-19)22(27)25-20-8-4-2-7-17(20)12-23/h2-9,11,13-15H,10H2,1H3,(H,25,27). The highest BCUT2D eigenvalue weighted by atomic mass is 16.1. The number of amides is 1. The molecule has 2 aromatic carbocycles. The van der Waals surface area contributed by atoms with Crippen molar-refractivity contribution < 1.29 is 4.79 Å². The summed E-state index contributed by atoms with van der Waals surface area (Å²) >= 11 is 0. The minimum Gasteiger partial charge on any atom is -0.337 e. The Labute approximate surface area is 157 Å². The van der Waals surface area contributed by atoms with E-state index in [-0.39, 0.29) is 5.91 Å². The van der Waals surface area contributed by atoms with Gasteiger partial charge in [0.05, 0.1) is 28.7 Å². The highest BCUT2D eigenvalue weighted by Gasteiger charge is 2.27. The molecule has 0 bridgehead atoms. The number of nitrogens with one attached hydrogen (secondary N) is 1. The first-order valence-corrected chi connectivity index (χ1v) is 8.80. The molecule has 0 saturated carbocycles. The van der Waals surface area contributed by atoms with Gasteiger partial charge in [-0.05, 0) is 43.2 Å². The quantitative estimate of drug-likeness (QED) is 0.762. The molecule has 1 N–H and O–H groups in total. The van der Waals surface area contributed by atoms with E-state index in [4.69, 9.17) is 0 Å². The van der Waals surface area contributed by atoms with Gasteiger partial charge in [-0.3, -0.25) is 9.78 Å². The second kappa shape index (κ2) is 6.93. The number of anilines is 3. The van der Waals surface area contributed by atoms with Gasteiger partial charge in [-0.2, -0.15) is 5.26 Å². The molecule has 5 nitrogen and oxygen atoms in total. The molecule has 1 aliphatic heterocycles. The third-order valence-electron chi connectivity index (χ3n) is 4.77. The summed E-state index contributed by atoms with van der Waals surface area (Å²) < 4.78 is 0. The van der Waals surface area contributed by atoms with Crippen LogP contribution in [0.15, 0.2) is 67.0 Å². The molecule has 27 heavy (non-hydrogen) atoms. The van der Waals surface area contributed by atoms with Gasteiger partial charge in [0, 0.05) is 17.9 Å². The molecule has 1 aromatic heterocycles. The fourth-order valence-corrected chi connectivity index (χ4v) is 3.53. The van der Waals surface area contributed by atoms with Crippen molar-refractivity contribution in [2.45, 2.75) is 19.4 Å². The van der Waals surface area contributed by atoms with Crippen LogP contribution < -0.4 is 10.2 Å². The number of nitrogens with zero attached hydrogens (tertiary/aromatic N) is 3. The van der Waals surface area contributed by atoms with Crippen LogP contribution in [-0.4, -0.2) is 16.9 Å². The summed E-state index contributed by atoms with van der Waals surface area (Å²) in [5.41, 5.74) is 4.71. The molecule has 2 heterocycles. The summed E-state index contributed by atoms with van der Waals surface area (Å²) in [5.74, 6) is -0.285. The third kappa shape index (κ3) is 3.13. The van der Waals surface area contributed by atoms with E-state index in [1.165, 1.54) is 5.56 Å². The molecule has 1 unspecified atom stereocenters. The van der Waals surface area contributed by atoms with Crippen molar-refractivity contribution in [1.29, 1.82) is 5.26 Å². The minimum absolute atomic E-state index is 0.285. The summed E-state index contributed by atoms with van der Waals surface area (Å²) in [6.07, 6.45) is 4.28. The van der Waals surface area contributed by atoms with Crippen molar-refractivity contribution in [1.82, 2.24) is 4.98 Å². The first-order chi connectivity index (χ1) is 13.2. The van der Waals surface area contributed by atoms with Gasteiger partial charge in [-0.15, -0.1) is 0 Å². The molecule has 4 rings (SSSR count). The van der Waals surface area contributed by atoms with E-state index in [1.54, 1.807) is 36.7 Å². The number of carbonyl (C=O) groups is 1. The number of rotatable bonds is 3. The fourth-order valence-electron chi connectivity index (χ4n) is 3.53. The number of hydrogen-bond acceptors (Lipinski definition) is 4. The lowest BCUT2D eigenvalue weighted by Crippen LogP contribution is -2.24. The summed E-state index contributed by atoms with van der Waals surface area (Å²) in [4.78, 5) is 19.2. The molecule has 0 fully saturated rings. The zero-order chi connectivity index (χ0) is 18.8. The summed E-state index contributed by atoms with van der Waals surface area (Å²) in [6, 6.07) is 19.5. The van der Waals surface area contributed by atoms with Crippen LogP contribution in [0.5, 0.6) is 0 Å². The molecule has 0 spiro atoms. The molecule has 0 saturated heterocycles. The maximum Gasteiger partial charge on any atom is 0.257 e. The van der Waals surface area contributed by atoms with E-state index < -0.39 is 0 Å². The molecule has 1 amide bonds. The lowest BCUT2D eigenvalue weighted by atomic mass is 10.1. The van der Waals surface area contributed by atoms with E-state index in [1.807, 2.05) is 18.2 Å². The van der Waals surface area contributed by atoms with E-state index in [0.29, 0.717) is 22.9 Å². The summed E-state index contributed by atoms with van der Waals surface area (Å²) in [6.45, 7) is 2.16. The Morgan fingerprint density at radius 3 is 2.81 bits per heavy atom. The van der Waals surface area contributed by atoms with Crippen LogP contribution in [0, 0.1) is 11.3 Å². The maximum atomic E-state index is 12.7. The van der Waals surface area contributed by atoms with Gasteiger partial charge in [-0.25, -0.2) is 0 Å². The number of carbonyl (C=O) groups excluding carboxylic acids is 1.